The Morgan fingerprint density at radius 2 is 2.00 bits per heavy atom. The molecule has 0 radical (unpaired) electrons. The Hall–Kier alpha value is -0.480. The van der Waals surface area contributed by atoms with E-state index in [1.807, 2.05) is 48.7 Å². The number of aliphatic hydroxyl groups excluding tert-OH is 1. The number of rotatable bonds is 4. The van der Waals surface area contributed by atoms with E-state index in [1.54, 1.807) is 11.8 Å². The summed E-state index contributed by atoms with van der Waals surface area (Å²) in [7, 11) is 0. The van der Waals surface area contributed by atoms with Crippen LogP contribution in [0.1, 0.15) is 17.2 Å². The lowest BCUT2D eigenvalue weighted by Crippen LogP contribution is -2.03. The molecule has 1 atom stereocenters. The molecule has 0 aliphatic rings. The van der Waals surface area contributed by atoms with Crippen molar-refractivity contribution in [3.8, 4) is 0 Å². The molecule has 1 nitrogen and oxygen atoms in total. The molecule has 0 aliphatic heterocycles. The minimum absolute atomic E-state index is 0.518. The monoisotopic (exact) mass is 356 g/mol. The third-order valence-corrected chi connectivity index (χ3v) is 4.58. The van der Waals surface area contributed by atoms with Gasteiger partial charge in [0.05, 0.1) is 6.10 Å². The van der Waals surface area contributed by atoms with Gasteiger partial charge in [-0.1, -0.05) is 51.8 Å². The molecular weight excluding hydrogens is 344 g/mol. The molecule has 0 saturated heterocycles. The van der Waals surface area contributed by atoms with Crippen molar-refractivity contribution >= 4 is 39.3 Å². The minimum Gasteiger partial charge on any atom is -0.388 e. The molecule has 100 valence electrons. The van der Waals surface area contributed by atoms with Crippen LogP contribution in [0.2, 0.25) is 5.02 Å². The highest BCUT2D eigenvalue weighted by Crippen LogP contribution is 2.30. The van der Waals surface area contributed by atoms with E-state index in [2.05, 4.69) is 15.9 Å². The Balaban J connectivity index is 2.23. The van der Waals surface area contributed by atoms with E-state index in [0.717, 1.165) is 20.5 Å². The van der Waals surface area contributed by atoms with Gasteiger partial charge < -0.3 is 5.11 Å². The van der Waals surface area contributed by atoms with Gasteiger partial charge in [0.25, 0.3) is 0 Å². The maximum Gasteiger partial charge on any atom is 0.0841 e. The number of thioether (sulfide) groups is 1. The van der Waals surface area contributed by atoms with Gasteiger partial charge in [-0.3, -0.25) is 0 Å². The molecular formula is C15H14BrClOS. The van der Waals surface area contributed by atoms with Crippen molar-refractivity contribution in [1.29, 1.82) is 0 Å². The number of halogens is 2. The van der Waals surface area contributed by atoms with Gasteiger partial charge in [0.2, 0.25) is 0 Å². The summed E-state index contributed by atoms with van der Waals surface area (Å²) in [5.41, 5.74) is 1.90. The Bertz CT molecular complexity index is 574. The maximum atomic E-state index is 10.4. The first kappa shape index (κ1) is 14.9. The van der Waals surface area contributed by atoms with Crippen LogP contribution in [0.3, 0.4) is 0 Å². The van der Waals surface area contributed by atoms with Crippen LogP contribution >= 0.6 is 39.3 Å². The van der Waals surface area contributed by atoms with Gasteiger partial charge in [-0.05, 0) is 35.6 Å². The molecule has 0 saturated carbocycles. The predicted octanol–water partition coefficient (Wildman–Crippen LogP) is 5.10. The Morgan fingerprint density at radius 3 is 2.68 bits per heavy atom. The average Bonchev–Trinajstić information content (AvgIpc) is 2.41. The van der Waals surface area contributed by atoms with Crippen LogP contribution in [-0.4, -0.2) is 11.4 Å². The van der Waals surface area contributed by atoms with E-state index in [-0.39, 0.29) is 0 Å². The molecule has 0 spiro atoms. The van der Waals surface area contributed by atoms with Gasteiger partial charge in [0.1, 0.15) is 0 Å². The molecule has 0 aliphatic carbocycles. The van der Waals surface area contributed by atoms with Crippen LogP contribution in [0.4, 0.5) is 0 Å². The summed E-state index contributed by atoms with van der Waals surface area (Å²) in [6, 6.07) is 13.6. The van der Waals surface area contributed by atoms with E-state index in [1.165, 1.54) is 0 Å². The normalized spacial score (nSPS) is 12.4. The fraction of sp³-hybridized carbons (Fsp3) is 0.200. The van der Waals surface area contributed by atoms with E-state index in [0.29, 0.717) is 11.4 Å². The molecule has 2 aromatic carbocycles. The Morgan fingerprint density at radius 1 is 1.26 bits per heavy atom. The van der Waals surface area contributed by atoms with Gasteiger partial charge >= 0.3 is 0 Å². The number of benzene rings is 2. The standard InChI is InChI=1S/C15H14BrClOS/c1-19-15-5-3-2-4-12(15)14(18)8-10-6-7-11(16)9-13(10)17/h2-7,9,14,18H,8H2,1H3. The van der Waals surface area contributed by atoms with Crippen molar-refractivity contribution in [2.45, 2.75) is 17.4 Å². The van der Waals surface area contributed by atoms with Crippen LogP contribution in [0.25, 0.3) is 0 Å². The quantitative estimate of drug-likeness (QED) is 0.768. The molecule has 0 fully saturated rings. The molecule has 19 heavy (non-hydrogen) atoms. The smallest absolute Gasteiger partial charge is 0.0841 e. The van der Waals surface area contributed by atoms with E-state index in [4.69, 9.17) is 11.6 Å². The summed E-state index contributed by atoms with van der Waals surface area (Å²) in [5.74, 6) is 0. The highest BCUT2D eigenvalue weighted by atomic mass is 79.9. The van der Waals surface area contributed by atoms with Crippen LogP contribution in [0.15, 0.2) is 51.8 Å². The van der Waals surface area contributed by atoms with Crippen molar-refractivity contribution < 1.29 is 5.11 Å². The summed E-state index contributed by atoms with van der Waals surface area (Å²) in [5, 5.41) is 11.1. The van der Waals surface area contributed by atoms with Crippen molar-refractivity contribution in [2.24, 2.45) is 0 Å². The Kier molecular flexibility index (Phi) is 5.34. The van der Waals surface area contributed by atoms with E-state index < -0.39 is 6.10 Å². The second kappa shape index (κ2) is 6.80. The lowest BCUT2D eigenvalue weighted by molar-refractivity contribution is 0.175. The SMILES string of the molecule is CSc1ccccc1C(O)Cc1ccc(Br)cc1Cl. The first-order chi connectivity index (χ1) is 9.11. The molecule has 0 bridgehead atoms. The van der Waals surface area contributed by atoms with Crippen LogP contribution in [0.5, 0.6) is 0 Å². The van der Waals surface area contributed by atoms with Gasteiger partial charge in [-0.2, -0.15) is 0 Å². The highest BCUT2D eigenvalue weighted by Gasteiger charge is 2.14. The Labute approximate surface area is 131 Å². The predicted molar refractivity (Wildman–Crippen MR) is 86.0 cm³/mol. The first-order valence-corrected chi connectivity index (χ1v) is 8.26. The van der Waals surface area contributed by atoms with Crippen molar-refractivity contribution in [2.75, 3.05) is 6.26 Å². The summed E-state index contributed by atoms with van der Waals surface area (Å²) in [6.07, 6.45) is 1.99. The van der Waals surface area contributed by atoms with Gasteiger partial charge in [-0.15, -0.1) is 11.8 Å². The average molecular weight is 358 g/mol. The zero-order chi connectivity index (χ0) is 13.8. The molecule has 0 aromatic heterocycles. The molecule has 1 N–H and O–H groups in total. The van der Waals surface area contributed by atoms with Crippen molar-refractivity contribution in [1.82, 2.24) is 0 Å². The molecule has 2 rings (SSSR count). The molecule has 0 amide bonds. The summed E-state index contributed by atoms with van der Waals surface area (Å²) >= 11 is 11.2. The van der Waals surface area contributed by atoms with Gasteiger partial charge in [0, 0.05) is 20.8 Å². The summed E-state index contributed by atoms with van der Waals surface area (Å²) < 4.78 is 0.945. The highest BCUT2D eigenvalue weighted by molar-refractivity contribution is 9.10. The molecule has 4 heteroatoms. The molecule has 2 aromatic rings. The largest absolute Gasteiger partial charge is 0.388 e. The number of hydrogen-bond donors (Lipinski definition) is 1. The van der Waals surface area contributed by atoms with Gasteiger partial charge in [-0.25, -0.2) is 0 Å². The van der Waals surface area contributed by atoms with Crippen LogP contribution in [-0.2, 0) is 6.42 Å². The summed E-state index contributed by atoms with van der Waals surface area (Å²) in [6.45, 7) is 0. The number of aliphatic hydroxyl groups is 1. The zero-order valence-electron chi connectivity index (χ0n) is 10.4. The fourth-order valence-electron chi connectivity index (χ4n) is 1.95. The molecule has 1 unspecified atom stereocenters. The lowest BCUT2D eigenvalue weighted by atomic mass is 10.0. The van der Waals surface area contributed by atoms with Gasteiger partial charge in [0.15, 0.2) is 0 Å². The fourth-order valence-corrected chi connectivity index (χ4v) is 3.35. The number of hydrogen-bond acceptors (Lipinski definition) is 2. The third kappa shape index (κ3) is 3.76. The van der Waals surface area contributed by atoms with Crippen LogP contribution < -0.4 is 0 Å². The van der Waals surface area contributed by atoms with Crippen LogP contribution in [0, 0.1) is 0 Å². The second-order valence-corrected chi connectivity index (χ2v) is 6.37. The third-order valence-electron chi connectivity index (χ3n) is 2.93. The zero-order valence-corrected chi connectivity index (χ0v) is 13.6. The minimum atomic E-state index is -0.540. The lowest BCUT2D eigenvalue weighted by Gasteiger charge is -2.15. The van der Waals surface area contributed by atoms with E-state index in [9.17, 15) is 5.11 Å². The van der Waals surface area contributed by atoms with E-state index >= 15 is 0 Å². The summed E-state index contributed by atoms with van der Waals surface area (Å²) in [4.78, 5) is 1.10. The first-order valence-electron chi connectivity index (χ1n) is 5.86. The molecule has 0 heterocycles. The topological polar surface area (TPSA) is 20.2 Å². The van der Waals surface area contributed by atoms with Crippen molar-refractivity contribution in [3.05, 3.63) is 63.1 Å². The maximum absolute atomic E-state index is 10.4. The van der Waals surface area contributed by atoms with Crippen molar-refractivity contribution in [3.63, 3.8) is 0 Å². The second-order valence-electron chi connectivity index (χ2n) is 4.20.